The lowest BCUT2D eigenvalue weighted by molar-refractivity contribution is 0.213. The van der Waals surface area contributed by atoms with Crippen molar-refractivity contribution in [3.05, 3.63) is 11.5 Å². The summed E-state index contributed by atoms with van der Waals surface area (Å²) in [5.41, 5.74) is 6.22. The number of rotatable bonds is 3. The molecule has 2 aliphatic carbocycles. The van der Waals surface area contributed by atoms with Crippen LogP contribution in [-0.4, -0.2) is 27.7 Å². The molecule has 3 rings (SSSR count). The predicted molar refractivity (Wildman–Crippen MR) is 65.7 cm³/mol. The fourth-order valence-electron chi connectivity index (χ4n) is 2.96. The number of halogens is 1. The van der Waals surface area contributed by atoms with Gasteiger partial charge in [-0.05, 0) is 30.6 Å². The second-order valence-electron chi connectivity index (χ2n) is 4.92. The summed E-state index contributed by atoms with van der Waals surface area (Å²) in [4.78, 5) is 7.94. The molecule has 0 radical (unpaired) electrons. The van der Waals surface area contributed by atoms with Crippen molar-refractivity contribution in [1.82, 2.24) is 9.97 Å². The molecule has 0 aromatic carbocycles. The van der Waals surface area contributed by atoms with E-state index in [1.807, 2.05) is 0 Å². The zero-order valence-electron chi connectivity index (χ0n) is 9.31. The van der Waals surface area contributed by atoms with Gasteiger partial charge in [-0.1, -0.05) is 11.6 Å². The summed E-state index contributed by atoms with van der Waals surface area (Å²) in [6, 6.07) is 0.352. The third kappa shape index (κ3) is 1.83. The Kier molecular flexibility index (Phi) is 2.60. The van der Waals surface area contributed by atoms with E-state index in [1.165, 1.54) is 12.7 Å². The molecule has 4 N–H and O–H groups in total. The molecule has 2 aliphatic rings. The summed E-state index contributed by atoms with van der Waals surface area (Å²) in [5, 5.41) is 12.9. The lowest BCUT2D eigenvalue weighted by atomic mass is 10.0. The molecule has 17 heavy (non-hydrogen) atoms. The van der Waals surface area contributed by atoms with Crippen LogP contribution >= 0.6 is 11.6 Å². The predicted octanol–water partition coefficient (Wildman–Crippen LogP) is 1.14. The number of aromatic nitrogens is 2. The highest BCUT2D eigenvalue weighted by Gasteiger charge is 2.53. The number of nitrogens with one attached hydrogen (secondary N) is 1. The molecule has 6 heteroatoms. The minimum Gasteiger partial charge on any atom is -0.396 e. The number of aliphatic hydroxyl groups excluding tert-OH is 1. The Morgan fingerprint density at radius 3 is 2.94 bits per heavy atom. The summed E-state index contributed by atoms with van der Waals surface area (Å²) in [7, 11) is 0. The van der Waals surface area contributed by atoms with Crippen molar-refractivity contribution >= 4 is 23.1 Å². The standard InChI is InChI=1S/C11H15ClN4O/c12-10-9(13)11(15-4-14-10)16-8-1-5(3-17)6-2-7(6)8/h4-8,17H,1-3,13H2,(H,14,15,16)/t5-,6-,7-,8-/m0/s1. The largest absolute Gasteiger partial charge is 0.396 e. The van der Waals surface area contributed by atoms with Crippen LogP contribution in [0.1, 0.15) is 12.8 Å². The maximum Gasteiger partial charge on any atom is 0.157 e. The lowest BCUT2D eigenvalue weighted by Crippen LogP contribution is -2.22. The van der Waals surface area contributed by atoms with E-state index in [1.54, 1.807) is 0 Å². The first-order valence-corrected chi connectivity index (χ1v) is 6.22. The highest BCUT2D eigenvalue weighted by Crippen LogP contribution is 2.56. The van der Waals surface area contributed by atoms with Crippen LogP contribution in [0.3, 0.4) is 0 Å². The van der Waals surface area contributed by atoms with E-state index in [2.05, 4.69) is 15.3 Å². The van der Waals surface area contributed by atoms with Crippen LogP contribution < -0.4 is 11.1 Å². The molecule has 92 valence electrons. The second-order valence-corrected chi connectivity index (χ2v) is 5.28. The fourth-order valence-corrected chi connectivity index (χ4v) is 3.09. The molecule has 0 amide bonds. The normalized spacial score (nSPS) is 34.5. The van der Waals surface area contributed by atoms with Crippen molar-refractivity contribution in [3.63, 3.8) is 0 Å². The number of nitrogen functional groups attached to an aromatic ring is 1. The number of anilines is 2. The van der Waals surface area contributed by atoms with Crippen molar-refractivity contribution in [2.45, 2.75) is 18.9 Å². The smallest absolute Gasteiger partial charge is 0.157 e. The van der Waals surface area contributed by atoms with Gasteiger partial charge >= 0.3 is 0 Å². The molecule has 1 aromatic heterocycles. The Morgan fingerprint density at radius 1 is 1.41 bits per heavy atom. The quantitative estimate of drug-likeness (QED) is 0.705. The number of nitrogens with two attached hydrogens (primary N) is 1. The second kappa shape index (κ2) is 3.99. The van der Waals surface area contributed by atoms with Crippen LogP contribution in [0.2, 0.25) is 5.15 Å². The zero-order valence-corrected chi connectivity index (χ0v) is 10.1. The van der Waals surface area contributed by atoms with Gasteiger partial charge < -0.3 is 16.2 Å². The van der Waals surface area contributed by atoms with E-state index < -0.39 is 0 Å². The molecule has 0 unspecified atom stereocenters. The number of fused-ring (bicyclic) bond motifs is 1. The van der Waals surface area contributed by atoms with Crippen LogP contribution in [0.15, 0.2) is 6.33 Å². The first kappa shape index (κ1) is 11.0. The Morgan fingerprint density at radius 2 is 2.24 bits per heavy atom. The summed E-state index contributed by atoms with van der Waals surface area (Å²) >= 11 is 5.85. The number of hydrogen-bond donors (Lipinski definition) is 3. The van der Waals surface area contributed by atoms with E-state index in [-0.39, 0.29) is 11.8 Å². The minimum atomic E-state index is 0.277. The van der Waals surface area contributed by atoms with Crippen LogP contribution in [-0.2, 0) is 0 Å². The number of hydrogen-bond acceptors (Lipinski definition) is 5. The summed E-state index contributed by atoms with van der Waals surface area (Å²) in [6.45, 7) is 0.277. The van der Waals surface area contributed by atoms with Gasteiger partial charge in [-0.2, -0.15) is 0 Å². The lowest BCUT2D eigenvalue weighted by Gasteiger charge is -2.18. The van der Waals surface area contributed by atoms with E-state index in [0.29, 0.717) is 35.3 Å². The van der Waals surface area contributed by atoms with Crippen molar-refractivity contribution in [1.29, 1.82) is 0 Å². The van der Waals surface area contributed by atoms with Gasteiger partial charge in [0, 0.05) is 12.6 Å². The maximum absolute atomic E-state index is 9.25. The summed E-state index contributed by atoms with van der Waals surface area (Å²) in [5.74, 6) is 2.37. The van der Waals surface area contributed by atoms with Crippen molar-refractivity contribution in [3.8, 4) is 0 Å². The van der Waals surface area contributed by atoms with Gasteiger partial charge in [-0.25, -0.2) is 9.97 Å². The van der Waals surface area contributed by atoms with Gasteiger partial charge in [-0.15, -0.1) is 0 Å². The average molecular weight is 255 g/mol. The van der Waals surface area contributed by atoms with Crippen molar-refractivity contribution in [2.24, 2.45) is 17.8 Å². The Hall–Kier alpha value is -1.07. The summed E-state index contributed by atoms with van der Waals surface area (Å²) in [6.07, 6.45) is 3.58. The van der Waals surface area contributed by atoms with Gasteiger partial charge in [0.05, 0.1) is 0 Å². The molecule has 2 fully saturated rings. The van der Waals surface area contributed by atoms with E-state index >= 15 is 0 Å². The molecule has 0 bridgehead atoms. The molecular weight excluding hydrogens is 240 g/mol. The molecule has 1 aromatic rings. The molecule has 2 saturated carbocycles. The van der Waals surface area contributed by atoms with Gasteiger partial charge in [-0.3, -0.25) is 0 Å². The molecule has 0 saturated heterocycles. The SMILES string of the molecule is Nc1c(Cl)ncnc1N[C@H]1C[C@@H](CO)[C@@H]2C[C@@H]21. The Balaban J connectivity index is 1.74. The monoisotopic (exact) mass is 254 g/mol. The Bertz CT molecular complexity index is 441. The molecule has 5 nitrogen and oxygen atoms in total. The van der Waals surface area contributed by atoms with Crippen LogP contribution in [0, 0.1) is 17.8 Å². The van der Waals surface area contributed by atoms with Crippen LogP contribution in [0.5, 0.6) is 0 Å². The van der Waals surface area contributed by atoms with Crippen molar-refractivity contribution < 1.29 is 5.11 Å². The van der Waals surface area contributed by atoms with E-state index in [0.717, 1.165) is 6.42 Å². The maximum atomic E-state index is 9.25. The van der Waals surface area contributed by atoms with Crippen LogP contribution in [0.4, 0.5) is 11.5 Å². The topological polar surface area (TPSA) is 84.1 Å². The first-order chi connectivity index (χ1) is 8.20. The van der Waals surface area contributed by atoms with Gasteiger partial charge in [0.1, 0.15) is 12.0 Å². The van der Waals surface area contributed by atoms with Crippen molar-refractivity contribution in [2.75, 3.05) is 17.7 Å². The zero-order chi connectivity index (χ0) is 12.0. The minimum absolute atomic E-state index is 0.277. The molecule has 1 heterocycles. The Labute approximate surface area is 104 Å². The highest BCUT2D eigenvalue weighted by molar-refractivity contribution is 6.32. The number of aliphatic hydroxyl groups is 1. The molecule has 0 aliphatic heterocycles. The van der Waals surface area contributed by atoms with Gasteiger partial charge in [0.2, 0.25) is 0 Å². The van der Waals surface area contributed by atoms with E-state index in [9.17, 15) is 5.11 Å². The summed E-state index contributed by atoms with van der Waals surface area (Å²) < 4.78 is 0. The van der Waals surface area contributed by atoms with Crippen LogP contribution in [0.25, 0.3) is 0 Å². The highest BCUT2D eigenvalue weighted by atomic mass is 35.5. The molecular formula is C11H15ClN4O. The van der Waals surface area contributed by atoms with Gasteiger partial charge in [0.15, 0.2) is 11.0 Å². The first-order valence-electron chi connectivity index (χ1n) is 5.84. The molecule has 4 atom stereocenters. The molecule has 0 spiro atoms. The average Bonchev–Trinajstić information content (AvgIpc) is 3.04. The third-order valence-corrected chi connectivity index (χ3v) is 4.26. The number of nitrogens with zero attached hydrogens (tertiary/aromatic N) is 2. The third-order valence-electron chi connectivity index (χ3n) is 3.96. The van der Waals surface area contributed by atoms with E-state index in [4.69, 9.17) is 17.3 Å². The fraction of sp³-hybridized carbons (Fsp3) is 0.636. The van der Waals surface area contributed by atoms with Gasteiger partial charge in [0.25, 0.3) is 0 Å².